The monoisotopic (exact) mass is 667 g/mol. The van der Waals surface area contributed by atoms with Crippen LogP contribution in [0.3, 0.4) is 0 Å². The quantitative estimate of drug-likeness (QED) is 0.187. The predicted molar refractivity (Wildman–Crippen MR) is 209 cm³/mol. The van der Waals surface area contributed by atoms with Crippen LogP contribution in [0, 0.1) is 0 Å². The number of hydrogen-bond acceptors (Lipinski definition) is 2. The van der Waals surface area contributed by atoms with Gasteiger partial charge in [0.05, 0.1) is 10.9 Å². The molecular formula is C49H33NO2. The Morgan fingerprint density at radius 2 is 1.13 bits per heavy atom. The largest absolute Gasteiger partial charge is 0.457 e. The molecule has 1 aromatic heterocycles. The van der Waals surface area contributed by atoms with Crippen molar-refractivity contribution in [2.45, 2.75) is 17.8 Å². The Hall–Kier alpha value is -6.58. The number of rotatable bonds is 3. The Labute approximate surface area is 302 Å². The normalized spacial score (nSPS) is 17.7. The summed E-state index contributed by atoms with van der Waals surface area (Å²) in [6, 6.07) is 60.7. The van der Waals surface area contributed by atoms with Crippen molar-refractivity contribution >= 4 is 17.0 Å². The first kappa shape index (κ1) is 29.2. The molecule has 246 valence electrons. The SMILES string of the molecule is C1=CC(c2ccc3c(c2)Oc2ccccc2C32c3ccccc3Oc3ccc(-c4ccccc4)cc32)Cc2c1n(-c1ccccc1)c1ccccc21. The number of nitrogens with zero attached hydrogens (tertiary/aromatic N) is 1. The van der Waals surface area contributed by atoms with Crippen LogP contribution in [0.2, 0.25) is 0 Å². The van der Waals surface area contributed by atoms with E-state index in [1.54, 1.807) is 0 Å². The van der Waals surface area contributed by atoms with Gasteiger partial charge in [-0.2, -0.15) is 0 Å². The van der Waals surface area contributed by atoms with Gasteiger partial charge in [-0.25, -0.2) is 0 Å². The van der Waals surface area contributed by atoms with E-state index in [2.05, 4.69) is 187 Å². The van der Waals surface area contributed by atoms with Crippen LogP contribution in [-0.2, 0) is 11.8 Å². The van der Waals surface area contributed by atoms with Crippen molar-refractivity contribution in [2.24, 2.45) is 0 Å². The van der Waals surface area contributed by atoms with Gasteiger partial charge < -0.3 is 14.0 Å². The van der Waals surface area contributed by atoms with E-state index in [-0.39, 0.29) is 5.92 Å². The molecule has 2 unspecified atom stereocenters. The van der Waals surface area contributed by atoms with Crippen LogP contribution in [0.15, 0.2) is 176 Å². The average molecular weight is 668 g/mol. The van der Waals surface area contributed by atoms with Crippen molar-refractivity contribution in [3.63, 3.8) is 0 Å². The van der Waals surface area contributed by atoms with Gasteiger partial charge in [-0.3, -0.25) is 0 Å². The Balaban J connectivity index is 1.09. The van der Waals surface area contributed by atoms with Gasteiger partial charge in [0, 0.05) is 44.9 Å². The minimum absolute atomic E-state index is 0.198. The summed E-state index contributed by atoms with van der Waals surface area (Å²) in [7, 11) is 0. The highest BCUT2D eigenvalue weighted by Crippen LogP contribution is 2.62. The lowest BCUT2D eigenvalue weighted by molar-refractivity contribution is 0.399. The molecule has 11 rings (SSSR count). The first-order valence-corrected chi connectivity index (χ1v) is 18.0. The topological polar surface area (TPSA) is 23.4 Å². The maximum absolute atomic E-state index is 6.91. The van der Waals surface area contributed by atoms with Crippen LogP contribution in [0.1, 0.15) is 45.0 Å². The van der Waals surface area contributed by atoms with Crippen LogP contribution in [-0.4, -0.2) is 4.57 Å². The van der Waals surface area contributed by atoms with Crippen LogP contribution in [0.5, 0.6) is 23.0 Å². The van der Waals surface area contributed by atoms with Crippen LogP contribution >= 0.6 is 0 Å². The molecule has 2 atom stereocenters. The maximum Gasteiger partial charge on any atom is 0.132 e. The molecule has 0 amide bonds. The number of ether oxygens (including phenoxy) is 2. The number of hydrogen-bond donors (Lipinski definition) is 0. The lowest BCUT2D eigenvalue weighted by Gasteiger charge is -2.45. The van der Waals surface area contributed by atoms with Crippen molar-refractivity contribution in [3.8, 4) is 39.8 Å². The molecule has 3 aliphatic rings. The zero-order valence-corrected chi connectivity index (χ0v) is 28.4. The molecule has 3 nitrogen and oxygen atoms in total. The first-order valence-electron chi connectivity index (χ1n) is 18.0. The number of aromatic nitrogens is 1. The summed E-state index contributed by atoms with van der Waals surface area (Å²) < 4.78 is 16.0. The van der Waals surface area contributed by atoms with Gasteiger partial charge in [-0.1, -0.05) is 127 Å². The summed E-state index contributed by atoms with van der Waals surface area (Å²) in [5.74, 6) is 3.68. The van der Waals surface area contributed by atoms with Crippen molar-refractivity contribution in [1.29, 1.82) is 0 Å². The molecule has 3 heterocycles. The molecule has 3 heteroatoms. The number of allylic oxidation sites excluding steroid dienone is 1. The van der Waals surface area contributed by atoms with Gasteiger partial charge in [0.1, 0.15) is 23.0 Å². The number of para-hydroxylation sites is 4. The minimum atomic E-state index is -0.643. The van der Waals surface area contributed by atoms with Gasteiger partial charge in [0.2, 0.25) is 0 Å². The van der Waals surface area contributed by atoms with Gasteiger partial charge in [-0.15, -0.1) is 0 Å². The number of fused-ring (bicyclic) bond motifs is 11. The average Bonchev–Trinajstić information content (AvgIpc) is 3.55. The second kappa shape index (κ2) is 11.2. The lowest BCUT2D eigenvalue weighted by Crippen LogP contribution is -2.37. The molecule has 0 N–H and O–H groups in total. The van der Waals surface area contributed by atoms with Crippen molar-refractivity contribution in [1.82, 2.24) is 4.57 Å². The van der Waals surface area contributed by atoms with Gasteiger partial charge >= 0.3 is 0 Å². The van der Waals surface area contributed by atoms with E-state index in [4.69, 9.17) is 9.47 Å². The van der Waals surface area contributed by atoms with Gasteiger partial charge in [0.25, 0.3) is 0 Å². The third-order valence-corrected chi connectivity index (χ3v) is 11.3. The molecule has 52 heavy (non-hydrogen) atoms. The molecule has 0 bridgehead atoms. The van der Waals surface area contributed by atoms with Gasteiger partial charge in [-0.05, 0) is 83.3 Å². The minimum Gasteiger partial charge on any atom is -0.457 e. The highest BCUT2D eigenvalue weighted by atomic mass is 16.5. The standard InChI is InChI=1S/C49H33NO2/c1-3-13-32(14-4-1)34-25-28-47-42(30-34)49(39-18-8-11-21-45(39)51-47)40-19-9-12-22-46(40)52-48-31-35(23-26-41(48)49)33-24-27-44-38(29-33)37-17-7-10-20-43(37)50(44)36-15-5-2-6-16-36/h1-28,30-31,33H,29H2. The van der Waals surface area contributed by atoms with E-state index in [1.165, 1.54) is 39.0 Å². The molecule has 1 aliphatic carbocycles. The summed E-state index contributed by atoms with van der Waals surface area (Å²) >= 11 is 0. The molecule has 0 fully saturated rings. The Bertz CT molecular complexity index is 2710. The summed E-state index contributed by atoms with van der Waals surface area (Å²) in [6.07, 6.45) is 5.61. The molecular weight excluding hydrogens is 635 g/mol. The second-order valence-electron chi connectivity index (χ2n) is 14.0. The van der Waals surface area contributed by atoms with E-state index in [9.17, 15) is 0 Å². The van der Waals surface area contributed by atoms with Crippen molar-refractivity contribution < 1.29 is 9.47 Å². The first-order chi connectivity index (χ1) is 25.8. The summed E-state index contributed by atoms with van der Waals surface area (Å²) in [4.78, 5) is 0. The highest BCUT2D eigenvalue weighted by Gasteiger charge is 2.50. The van der Waals surface area contributed by atoms with E-state index in [0.29, 0.717) is 0 Å². The van der Waals surface area contributed by atoms with E-state index in [1.807, 2.05) is 0 Å². The Kier molecular flexibility index (Phi) is 6.29. The fraction of sp³-hybridized carbons (Fsp3) is 0.0612. The second-order valence-corrected chi connectivity index (χ2v) is 14.0. The van der Waals surface area contributed by atoms with E-state index < -0.39 is 5.41 Å². The molecule has 0 saturated carbocycles. The van der Waals surface area contributed by atoms with Crippen LogP contribution in [0.4, 0.5) is 0 Å². The fourth-order valence-corrected chi connectivity index (χ4v) is 9.02. The summed E-state index contributed by atoms with van der Waals surface area (Å²) in [5, 5.41) is 1.31. The Morgan fingerprint density at radius 1 is 0.500 bits per heavy atom. The maximum atomic E-state index is 6.91. The zero-order chi connectivity index (χ0) is 34.2. The molecule has 0 saturated heterocycles. The van der Waals surface area contributed by atoms with Crippen molar-refractivity contribution in [2.75, 3.05) is 0 Å². The number of benzene rings is 7. The van der Waals surface area contributed by atoms with Gasteiger partial charge in [0.15, 0.2) is 0 Å². The molecule has 0 radical (unpaired) electrons. The molecule has 8 aromatic rings. The van der Waals surface area contributed by atoms with E-state index >= 15 is 0 Å². The smallest absolute Gasteiger partial charge is 0.132 e. The summed E-state index contributed by atoms with van der Waals surface area (Å²) in [6.45, 7) is 0. The molecule has 2 aliphatic heterocycles. The van der Waals surface area contributed by atoms with Crippen LogP contribution < -0.4 is 9.47 Å². The third kappa shape index (κ3) is 4.14. The predicted octanol–water partition coefficient (Wildman–Crippen LogP) is 12.2. The van der Waals surface area contributed by atoms with E-state index in [0.717, 1.165) is 57.2 Å². The molecule has 1 spiro atoms. The highest BCUT2D eigenvalue weighted by molar-refractivity contribution is 5.91. The Morgan fingerprint density at radius 3 is 1.92 bits per heavy atom. The van der Waals surface area contributed by atoms with Crippen LogP contribution in [0.25, 0.3) is 33.8 Å². The fourth-order valence-electron chi connectivity index (χ4n) is 9.02. The third-order valence-electron chi connectivity index (χ3n) is 11.3. The van der Waals surface area contributed by atoms with Crippen molar-refractivity contribution in [3.05, 3.63) is 215 Å². The lowest BCUT2D eigenvalue weighted by atomic mass is 9.62. The zero-order valence-electron chi connectivity index (χ0n) is 28.4. The summed E-state index contributed by atoms with van der Waals surface area (Å²) in [5.41, 5.74) is 12.5. The molecule has 7 aromatic carbocycles.